The van der Waals surface area contributed by atoms with Gasteiger partial charge >= 0.3 is 0 Å². The number of halogens is 1. The van der Waals surface area contributed by atoms with Gasteiger partial charge in [-0.1, -0.05) is 48.5 Å². The van der Waals surface area contributed by atoms with E-state index in [1.54, 1.807) is 0 Å². The van der Waals surface area contributed by atoms with Gasteiger partial charge in [0.1, 0.15) is 5.75 Å². The molecule has 1 aromatic rings. The maximum atomic E-state index is 6.03. The highest BCUT2D eigenvalue weighted by atomic mass is 79.9. The third-order valence-corrected chi connectivity index (χ3v) is 3.81. The van der Waals surface area contributed by atoms with E-state index < -0.39 is 0 Å². The second-order valence-corrected chi connectivity index (χ2v) is 6.57. The largest absolute Gasteiger partial charge is 0.493 e. The fraction of sp³-hybridized carbons (Fsp3) is 0.647. The van der Waals surface area contributed by atoms with Crippen LogP contribution in [0.1, 0.15) is 57.1 Å². The van der Waals surface area contributed by atoms with Crippen molar-refractivity contribution in [3.8, 4) is 5.75 Å². The van der Waals surface area contributed by atoms with Gasteiger partial charge in [-0.2, -0.15) is 0 Å². The molecule has 20 heavy (non-hydrogen) atoms. The minimum atomic E-state index is 0.149. The lowest BCUT2D eigenvalue weighted by atomic mass is 10.0. The summed E-state index contributed by atoms with van der Waals surface area (Å²) in [4.78, 5) is 0. The number of hydrogen-bond donors (Lipinski definition) is 1. The molecule has 0 aromatic heterocycles. The van der Waals surface area contributed by atoms with Crippen LogP contribution in [-0.2, 0) is 6.42 Å². The monoisotopic (exact) mass is 341 g/mol. The Morgan fingerprint density at radius 2 is 1.90 bits per heavy atom. The van der Waals surface area contributed by atoms with Crippen LogP contribution in [0.25, 0.3) is 0 Å². The Morgan fingerprint density at radius 3 is 2.55 bits per heavy atom. The van der Waals surface area contributed by atoms with Crippen LogP contribution in [0.2, 0.25) is 0 Å². The summed E-state index contributed by atoms with van der Waals surface area (Å²) in [5.74, 6) is 1.03. The third kappa shape index (κ3) is 6.27. The first-order valence-electron chi connectivity index (χ1n) is 7.72. The van der Waals surface area contributed by atoms with Gasteiger partial charge in [-0.25, -0.2) is 0 Å². The Hall–Kier alpha value is -0.540. The summed E-state index contributed by atoms with van der Waals surface area (Å²) in [5, 5.41) is 0. The molecule has 0 saturated heterocycles. The van der Waals surface area contributed by atoms with E-state index in [2.05, 4.69) is 41.9 Å². The molecule has 1 aromatic carbocycles. The number of aryl methyl sites for hydroxylation is 1. The van der Waals surface area contributed by atoms with E-state index in [0.717, 1.165) is 29.7 Å². The summed E-state index contributed by atoms with van der Waals surface area (Å²) in [7, 11) is 0. The van der Waals surface area contributed by atoms with Crippen molar-refractivity contribution in [1.82, 2.24) is 0 Å². The fourth-order valence-electron chi connectivity index (χ4n) is 2.38. The van der Waals surface area contributed by atoms with E-state index in [-0.39, 0.29) is 6.04 Å². The Bertz CT molecular complexity index is 404. The lowest BCUT2D eigenvalue weighted by Gasteiger charge is -2.16. The van der Waals surface area contributed by atoms with Crippen LogP contribution < -0.4 is 10.5 Å². The van der Waals surface area contributed by atoms with Gasteiger partial charge in [-0.05, 0) is 49.9 Å². The van der Waals surface area contributed by atoms with Gasteiger partial charge in [0.15, 0.2) is 0 Å². The first kappa shape index (κ1) is 17.5. The smallest absolute Gasteiger partial charge is 0.125 e. The van der Waals surface area contributed by atoms with E-state index in [4.69, 9.17) is 10.5 Å². The van der Waals surface area contributed by atoms with Crippen molar-refractivity contribution in [2.75, 3.05) is 6.61 Å². The van der Waals surface area contributed by atoms with Crippen molar-refractivity contribution < 1.29 is 4.74 Å². The molecule has 0 aliphatic carbocycles. The molecule has 2 nitrogen and oxygen atoms in total. The Balaban J connectivity index is 2.58. The lowest BCUT2D eigenvalue weighted by molar-refractivity contribution is 0.299. The molecule has 0 fully saturated rings. The predicted octanol–water partition coefficient (Wildman–Crippen LogP) is 5.00. The van der Waals surface area contributed by atoms with Gasteiger partial charge in [0, 0.05) is 10.5 Å². The molecular formula is C17H28BrNO. The Morgan fingerprint density at radius 1 is 1.20 bits per heavy atom. The molecule has 114 valence electrons. The van der Waals surface area contributed by atoms with Gasteiger partial charge in [0.25, 0.3) is 0 Å². The Kier molecular flexibility index (Phi) is 8.24. The highest BCUT2D eigenvalue weighted by molar-refractivity contribution is 9.10. The Labute approximate surface area is 132 Å². The van der Waals surface area contributed by atoms with Crippen molar-refractivity contribution in [1.29, 1.82) is 0 Å². The average Bonchev–Trinajstić information content (AvgIpc) is 2.35. The van der Waals surface area contributed by atoms with E-state index in [1.165, 1.54) is 36.8 Å². The van der Waals surface area contributed by atoms with Crippen LogP contribution in [0.4, 0.5) is 0 Å². The number of ether oxygens (including phenoxy) is 1. The molecule has 1 rings (SSSR count). The summed E-state index contributed by atoms with van der Waals surface area (Å²) >= 11 is 3.55. The van der Waals surface area contributed by atoms with E-state index >= 15 is 0 Å². The zero-order valence-electron chi connectivity index (χ0n) is 13.0. The number of benzene rings is 1. The maximum absolute atomic E-state index is 6.03. The molecule has 0 bridgehead atoms. The highest BCUT2D eigenvalue weighted by Crippen LogP contribution is 2.29. The number of hydrogen-bond acceptors (Lipinski definition) is 2. The SMILES string of the molecule is CCCCCCCOc1c(C)cc(Br)cc1CC(C)N. The van der Waals surface area contributed by atoms with Crippen molar-refractivity contribution in [2.24, 2.45) is 5.73 Å². The van der Waals surface area contributed by atoms with Gasteiger partial charge in [0.2, 0.25) is 0 Å². The number of nitrogens with two attached hydrogens (primary N) is 1. The summed E-state index contributed by atoms with van der Waals surface area (Å²) in [6, 6.07) is 4.38. The summed E-state index contributed by atoms with van der Waals surface area (Å²) in [6.45, 7) is 7.17. The summed E-state index contributed by atoms with van der Waals surface area (Å²) in [6.07, 6.45) is 7.16. The first-order valence-corrected chi connectivity index (χ1v) is 8.51. The van der Waals surface area contributed by atoms with Crippen LogP contribution in [0.5, 0.6) is 5.75 Å². The zero-order valence-corrected chi connectivity index (χ0v) is 14.6. The lowest BCUT2D eigenvalue weighted by Crippen LogP contribution is -2.18. The molecule has 0 aliphatic heterocycles. The van der Waals surface area contributed by atoms with Crippen molar-refractivity contribution in [3.05, 3.63) is 27.7 Å². The molecule has 3 heteroatoms. The molecule has 1 unspecified atom stereocenters. The van der Waals surface area contributed by atoms with Crippen molar-refractivity contribution >= 4 is 15.9 Å². The maximum Gasteiger partial charge on any atom is 0.125 e. The van der Waals surface area contributed by atoms with Crippen LogP contribution in [0.15, 0.2) is 16.6 Å². The van der Waals surface area contributed by atoms with Crippen LogP contribution in [-0.4, -0.2) is 12.6 Å². The van der Waals surface area contributed by atoms with Crippen LogP contribution in [0.3, 0.4) is 0 Å². The van der Waals surface area contributed by atoms with Crippen molar-refractivity contribution in [2.45, 2.75) is 65.3 Å². The van der Waals surface area contributed by atoms with E-state index in [9.17, 15) is 0 Å². The fourth-order valence-corrected chi connectivity index (χ4v) is 3.00. The standard InChI is InChI=1S/C17H28BrNO/c1-4-5-6-7-8-9-20-17-13(2)10-16(18)12-15(17)11-14(3)19/h10,12,14H,4-9,11,19H2,1-3H3. The molecule has 0 heterocycles. The van der Waals surface area contributed by atoms with Crippen molar-refractivity contribution in [3.63, 3.8) is 0 Å². The van der Waals surface area contributed by atoms with Gasteiger partial charge in [-0.15, -0.1) is 0 Å². The number of unbranched alkanes of at least 4 members (excludes halogenated alkanes) is 4. The average molecular weight is 342 g/mol. The quantitative estimate of drug-likeness (QED) is 0.641. The molecule has 0 radical (unpaired) electrons. The van der Waals surface area contributed by atoms with E-state index in [0.29, 0.717) is 0 Å². The second kappa shape index (κ2) is 9.41. The minimum Gasteiger partial charge on any atom is -0.493 e. The van der Waals surface area contributed by atoms with Gasteiger partial charge in [-0.3, -0.25) is 0 Å². The first-order chi connectivity index (χ1) is 9.54. The molecule has 0 spiro atoms. The normalized spacial score (nSPS) is 12.4. The molecule has 0 saturated carbocycles. The van der Waals surface area contributed by atoms with Gasteiger partial charge < -0.3 is 10.5 Å². The molecule has 0 aliphatic rings. The third-order valence-electron chi connectivity index (χ3n) is 3.35. The zero-order chi connectivity index (χ0) is 15.0. The van der Waals surface area contributed by atoms with Gasteiger partial charge in [0.05, 0.1) is 6.61 Å². The van der Waals surface area contributed by atoms with Crippen LogP contribution >= 0.6 is 15.9 Å². The predicted molar refractivity (Wildman–Crippen MR) is 90.5 cm³/mol. The molecule has 0 amide bonds. The minimum absolute atomic E-state index is 0.149. The number of rotatable bonds is 9. The molecule has 1 atom stereocenters. The van der Waals surface area contributed by atoms with Crippen LogP contribution in [0, 0.1) is 6.92 Å². The molecule has 2 N–H and O–H groups in total. The second-order valence-electron chi connectivity index (χ2n) is 5.66. The topological polar surface area (TPSA) is 35.2 Å². The molecular weight excluding hydrogens is 314 g/mol. The van der Waals surface area contributed by atoms with E-state index in [1.807, 2.05) is 6.92 Å². The highest BCUT2D eigenvalue weighted by Gasteiger charge is 2.10. The summed E-state index contributed by atoms with van der Waals surface area (Å²) < 4.78 is 7.13. The summed E-state index contributed by atoms with van der Waals surface area (Å²) in [5.41, 5.74) is 8.32.